The second-order valence-electron chi connectivity index (χ2n) is 4.45. The van der Waals surface area contributed by atoms with E-state index in [0.717, 1.165) is 16.7 Å². The highest BCUT2D eigenvalue weighted by molar-refractivity contribution is 5.85. The van der Waals surface area contributed by atoms with Gasteiger partial charge in [0.05, 0.1) is 0 Å². The molecule has 0 spiro atoms. The van der Waals surface area contributed by atoms with E-state index in [2.05, 4.69) is 24.3 Å². The van der Waals surface area contributed by atoms with Gasteiger partial charge in [0.15, 0.2) is 0 Å². The molecule has 0 bridgehead atoms. The molecule has 0 aliphatic carbocycles. The van der Waals surface area contributed by atoms with Crippen molar-refractivity contribution in [2.24, 2.45) is 0 Å². The van der Waals surface area contributed by atoms with Gasteiger partial charge >= 0.3 is 0 Å². The average Bonchev–Trinajstić information content (AvgIpc) is 2.49. The summed E-state index contributed by atoms with van der Waals surface area (Å²) in [5.41, 5.74) is 3.43. The fraction of sp³-hybridized carbons (Fsp3) is 0.167. The number of carbonyl (C=O) groups excluding carboxylic acids is 1. The predicted molar refractivity (Wildman–Crippen MR) is 79.9 cm³/mol. The van der Waals surface area contributed by atoms with Gasteiger partial charge in [-0.05, 0) is 16.7 Å². The number of Topliss-reactive ketones (excluding diaryl/α,β-unsaturated/α-hetero) is 1. The fourth-order valence-corrected chi connectivity index (χ4v) is 2.00. The lowest BCUT2D eigenvalue weighted by molar-refractivity contribution is -0.117. The van der Waals surface area contributed by atoms with E-state index in [1.807, 2.05) is 49.4 Å². The average molecular weight is 250 g/mol. The Morgan fingerprint density at radius 1 is 0.895 bits per heavy atom. The molecular formula is C18H18O. The van der Waals surface area contributed by atoms with Crippen molar-refractivity contribution in [3.8, 4) is 0 Å². The Bertz CT molecular complexity index is 511. The maximum absolute atomic E-state index is 11.5. The Hall–Kier alpha value is -2.15. The Morgan fingerprint density at radius 2 is 1.37 bits per heavy atom. The molecule has 0 atom stereocenters. The lowest BCUT2D eigenvalue weighted by Gasteiger charge is -2.08. The minimum atomic E-state index is 0.268. The topological polar surface area (TPSA) is 17.1 Å². The molecule has 1 heteroatoms. The van der Waals surface area contributed by atoms with Gasteiger partial charge in [-0.25, -0.2) is 0 Å². The molecular weight excluding hydrogens is 232 g/mol. The summed E-state index contributed by atoms with van der Waals surface area (Å²) in [6.45, 7) is 1.90. The van der Waals surface area contributed by atoms with Gasteiger partial charge in [0.2, 0.25) is 0 Å². The number of rotatable bonds is 5. The number of allylic oxidation sites excluding steroid dienone is 1. The Kier molecular flexibility index (Phi) is 4.68. The van der Waals surface area contributed by atoms with Crippen molar-refractivity contribution in [1.29, 1.82) is 0 Å². The largest absolute Gasteiger partial charge is 0.299 e. The van der Waals surface area contributed by atoms with Crippen LogP contribution in [-0.4, -0.2) is 5.78 Å². The molecule has 0 aromatic heterocycles. The number of benzene rings is 2. The summed E-state index contributed by atoms with van der Waals surface area (Å²) < 4.78 is 0. The molecule has 2 aromatic carbocycles. The van der Waals surface area contributed by atoms with Crippen LogP contribution in [0.1, 0.15) is 30.9 Å². The molecule has 0 radical (unpaired) electrons. The normalized spacial score (nSPS) is 9.95. The Morgan fingerprint density at radius 3 is 1.79 bits per heavy atom. The van der Waals surface area contributed by atoms with Crippen molar-refractivity contribution in [2.75, 3.05) is 0 Å². The highest BCUT2D eigenvalue weighted by Gasteiger charge is 2.05. The lowest BCUT2D eigenvalue weighted by Crippen LogP contribution is -1.94. The summed E-state index contributed by atoms with van der Waals surface area (Å²) in [6.07, 6.45) is 3.12. The van der Waals surface area contributed by atoms with Crippen LogP contribution in [0.2, 0.25) is 0 Å². The van der Waals surface area contributed by atoms with Crippen LogP contribution in [0.15, 0.2) is 66.7 Å². The molecule has 1 nitrogen and oxygen atoms in total. The van der Waals surface area contributed by atoms with Gasteiger partial charge in [-0.1, -0.05) is 73.7 Å². The van der Waals surface area contributed by atoms with Crippen LogP contribution in [0.25, 0.3) is 5.57 Å². The van der Waals surface area contributed by atoms with Crippen LogP contribution in [0, 0.1) is 0 Å². The van der Waals surface area contributed by atoms with Gasteiger partial charge in [0, 0.05) is 12.8 Å². The maximum atomic E-state index is 11.5. The number of hydrogen-bond acceptors (Lipinski definition) is 1. The zero-order valence-corrected chi connectivity index (χ0v) is 11.2. The summed E-state index contributed by atoms with van der Waals surface area (Å²) in [4.78, 5) is 11.5. The molecule has 0 aliphatic heterocycles. The molecule has 0 heterocycles. The number of hydrogen-bond donors (Lipinski definition) is 0. The van der Waals surface area contributed by atoms with E-state index in [4.69, 9.17) is 0 Å². The van der Waals surface area contributed by atoms with E-state index >= 15 is 0 Å². The summed E-state index contributed by atoms with van der Waals surface area (Å²) in [5.74, 6) is 0.268. The highest BCUT2D eigenvalue weighted by Crippen LogP contribution is 2.23. The third kappa shape index (κ3) is 3.65. The van der Waals surface area contributed by atoms with E-state index in [0.29, 0.717) is 12.8 Å². The Balaban J connectivity index is 2.37. The van der Waals surface area contributed by atoms with E-state index in [1.165, 1.54) is 0 Å². The number of carbonyl (C=O) groups is 1. The molecule has 0 fully saturated rings. The van der Waals surface area contributed by atoms with Gasteiger partial charge in [-0.3, -0.25) is 4.79 Å². The smallest absolute Gasteiger partial charge is 0.136 e. The summed E-state index contributed by atoms with van der Waals surface area (Å²) in [5, 5.41) is 0. The van der Waals surface area contributed by atoms with Crippen molar-refractivity contribution in [3.63, 3.8) is 0 Å². The number of ketones is 1. The first-order valence-corrected chi connectivity index (χ1v) is 6.64. The van der Waals surface area contributed by atoms with E-state index in [9.17, 15) is 4.79 Å². The molecule has 0 saturated carbocycles. The molecule has 0 unspecified atom stereocenters. The van der Waals surface area contributed by atoms with Crippen LogP contribution in [0.5, 0.6) is 0 Å². The van der Waals surface area contributed by atoms with Gasteiger partial charge in [0.1, 0.15) is 5.78 Å². The first-order chi connectivity index (χ1) is 9.31. The first kappa shape index (κ1) is 13.3. The quantitative estimate of drug-likeness (QED) is 0.764. The third-order valence-corrected chi connectivity index (χ3v) is 3.10. The molecule has 0 saturated heterocycles. The van der Waals surface area contributed by atoms with Crippen LogP contribution < -0.4 is 0 Å². The van der Waals surface area contributed by atoms with Crippen LogP contribution >= 0.6 is 0 Å². The van der Waals surface area contributed by atoms with Crippen molar-refractivity contribution >= 4 is 11.4 Å². The van der Waals surface area contributed by atoms with Crippen LogP contribution in [0.4, 0.5) is 0 Å². The van der Waals surface area contributed by atoms with E-state index < -0.39 is 0 Å². The standard InChI is InChI=1S/C18H18O/c1-2-17(19)13-14-18(15-9-5-3-6-10-15)16-11-7-4-8-12-16/h3-12,14H,2,13H2,1H3. The highest BCUT2D eigenvalue weighted by atomic mass is 16.1. The molecule has 0 amide bonds. The van der Waals surface area contributed by atoms with E-state index in [-0.39, 0.29) is 5.78 Å². The van der Waals surface area contributed by atoms with Gasteiger partial charge < -0.3 is 0 Å². The van der Waals surface area contributed by atoms with Gasteiger partial charge in [0.25, 0.3) is 0 Å². The lowest BCUT2D eigenvalue weighted by atomic mass is 9.96. The zero-order valence-electron chi connectivity index (χ0n) is 11.2. The maximum Gasteiger partial charge on any atom is 0.136 e. The van der Waals surface area contributed by atoms with E-state index in [1.54, 1.807) is 0 Å². The van der Waals surface area contributed by atoms with Crippen LogP contribution in [0.3, 0.4) is 0 Å². The van der Waals surface area contributed by atoms with Crippen molar-refractivity contribution in [2.45, 2.75) is 19.8 Å². The Labute approximate surface area is 114 Å². The molecule has 19 heavy (non-hydrogen) atoms. The third-order valence-electron chi connectivity index (χ3n) is 3.10. The monoisotopic (exact) mass is 250 g/mol. The fourth-order valence-electron chi connectivity index (χ4n) is 2.00. The SMILES string of the molecule is CCC(=O)CC=C(c1ccccc1)c1ccccc1. The molecule has 0 aliphatic rings. The summed E-state index contributed by atoms with van der Waals surface area (Å²) >= 11 is 0. The minimum Gasteiger partial charge on any atom is -0.299 e. The second kappa shape index (κ2) is 6.69. The molecule has 2 aromatic rings. The molecule has 96 valence electrons. The van der Waals surface area contributed by atoms with Crippen molar-refractivity contribution < 1.29 is 4.79 Å². The first-order valence-electron chi connectivity index (χ1n) is 6.64. The molecule has 0 N–H and O–H groups in total. The predicted octanol–water partition coefficient (Wildman–Crippen LogP) is 4.49. The molecule has 2 rings (SSSR count). The van der Waals surface area contributed by atoms with Crippen LogP contribution in [-0.2, 0) is 4.79 Å². The van der Waals surface area contributed by atoms with Crippen molar-refractivity contribution in [3.05, 3.63) is 77.9 Å². The van der Waals surface area contributed by atoms with Crippen molar-refractivity contribution in [1.82, 2.24) is 0 Å². The van der Waals surface area contributed by atoms with Gasteiger partial charge in [-0.15, -0.1) is 0 Å². The minimum absolute atomic E-state index is 0.268. The summed E-state index contributed by atoms with van der Waals surface area (Å²) in [6, 6.07) is 20.4. The van der Waals surface area contributed by atoms with Gasteiger partial charge in [-0.2, -0.15) is 0 Å². The second-order valence-corrected chi connectivity index (χ2v) is 4.45. The zero-order chi connectivity index (χ0) is 13.5. The summed E-state index contributed by atoms with van der Waals surface area (Å²) in [7, 11) is 0.